The van der Waals surface area contributed by atoms with Crippen LogP contribution >= 0.6 is 11.8 Å². The summed E-state index contributed by atoms with van der Waals surface area (Å²) in [5.74, 6) is 0.657. The summed E-state index contributed by atoms with van der Waals surface area (Å²) >= 11 is 1.45. The minimum Gasteiger partial charge on any atom is -0.291 e. The van der Waals surface area contributed by atoms with Gasteiger partial charge in [-0.1, -0.05) is 67.2 Å². The molecule has 0 unspecified atom stereocenters. The molecule has 0 saturated carbocycles. The molecule has 0 saturated heterocycles. The highest BCUT2D eigenvalue weighted by Crippen LogP contribution is 2.35. The Morgan fingerprint density at radius 2 is 1.93 bits per heavy atom. The Morgan fingerprint density at radius 3 is 2.66 bits per heavy atom. The third kappa shape index (κ3) is 3.61. The van der Waals surface area contributed by atoms with Gasteiger partial charge in [-0.3, -0.25) is 14.6 Å². The van der Waals surface area contributed by atoms with Crippen molar-refractivity contribution in [3.8, 4) is 11.3 Å². The van der Waals surface area contributed by atoms with E-state index in [2.05, 4.69) is 10.1 Å². The van der Waals surface area contributed by atoms with Crippen LogP contribution < -0.4 is 15.1 Å². The van der Waals surface area contributed by atoms with Crippen LogP contribution in [0.4, 0.5) is 5.69 Å². The molecule has 0 aliphatic carbocycles. The number of carbonyl (C=O) groups excluding carboxylic acids is 1. The van der Waals surface area contributed by atoms with Crippen molar-refractivity contribution in [2.75, 3.05) is 10.7 Å². The van der Waals surface area contributed by atoms with Crippen molar-refractivity contribution < 1.29 is 9.48 Å². The molecular weight excluding hydrogens is 384 g/mol. The van der Waals surface area contributed by atoms with Crippen molar-refractivity contribution in [1.82, 2.24) is 10.1 Å². The van der Waals surface area contributed by atoms with Gasteiger partial charge in [-0.2, -0.15) is 0 Å². The van der Waals surface area contributed by atoms with Gasteiger partial charge >= 0.3 is 11.3 Å². The van der Waals surface area contributed by atoms with Crippen molar-refractivity contribution >= 4 is 29.4 Å². The Bertz CT molecular complexity index is 1140. The zero-order valence-corrected chi connectivity index (χ0v) is 17.0. The fourth-order valence-corrected chi connectivity index (χ4v) is 4.08. The highest BCUT2D eigenvalue weighted by Gasteiger charge is 2.42. The van der Waals surface area contributed by atoms with E-state index in [1.54, 1.807) is 9.58 Å². The smallest absolute Gasteiger partial charge is 0.291 e. The number of hydrogen-bond donors (Lipinski definition) is 1. The maximum Gasteiger partial charge on any atom is 0.325 e. The number of hydrogen-bond acceptors (Lipinski definition) is 4. The number of carbonyl (C=O) groups is 1. The number of nitrogens with one attached hydrogen (secondary N) is 1. The molecule has 146 valence electrons. The molecule has 0 fully saturated rings. The molecule has 2 heterocycles. The van der Waals surface area contributed by atoms with E-state index in [0.29, 0.717) is 22.1 Å². The number of aromatic nitrogens is 3. The first kappa shape index (κ1) is 19.1. The van der Waals surface area contributed by atoms with Crippen molar-refractivity contribution in [1.29, 1.82) is 0 Å². The summed E-state index contributed by atoms with van der Waals surface area (Å²) < 4.78 is 1.65. The molecule has 1 aliphatic heterocycles. The average Bonchev–Trinajstić information content (AvgIpc) is 2.72. The second-order valence-corrected chi connectivity index (χ2v) is 7.83. The average molecular weight is 406 g/mol. The molecule has 1 N–H and O–H groups in total. The van der Waals surface area contributed by atoms with Crippen molar-refractivity contribution in [3.05, 3.63) is 76.6 Å². The molecule has 0 radical (unpaired) electrons. The summed E-state index contributed by atoms with van der Waals surface area (Å²) in [6.07, 6.45) is 3.31. The van der Waals surface area contributed by atoms with Gasteiger partial charge in [0.05, 0.1) is 11.3 Å². The lowest BCUT2D eigenvalue weighted by Gasteiger charge is -2.29. The quantitative estimate of drug-likeness (QED) is 0.533. The van der Waals surface area contributed by atoms with E-state index in [0.717, 1.165) is 11.3 Å². The third-order valence-electron chi connectivity index (χ3n) is 4.68. The molecule has 29 heavy (non-hydrogen) atoms. The van der Waals surface area contributed by atoms with Crippen LogP contribution in [-0.4, -0.2) is 21.7 Å². The fraction of sp³-hybridized carbons (Fsp3) is 0.182. The van der Waals surface area contributed by atoms with Gasteiger partial charge in [-0.25, -0.2) is 4.90 Å². The van der Waals surface area contributed by atoms with E-state index in [4.69, 9.17) is 0 Å². The zero-order valence-electron chi connectivity index (χ0n) is 16.2. The molecular formula is C22H21N4O2S+. The van der Waals surface area contributed by atoms with E-state index < -0.39 is 6.17 Å². The molecule has 1 amide bonds. The number of benzene rings is 2. The van der Waals surface area contributed by atoms with E-state index in [1.807, 2.05) is 73.7 Å². The highest BCUT2D eigenvalue weighted by molar-refractivity contribution is 7.99. The second kappa shape index (κ2) is 8.05. The number of fused-ring (bicyclic) bond motifs is 3. The van der Waals surface area contributed by atoms with Crippen LogP contribution in [-0.2, 0) is 4.79 Å². The van der Waals surface area contributed by atoms with Gasteiger partial charge < -0.3 is 0 Å². The molecule has 1 atom stereocenters. The van der Waals surface area contributed by atoms with E-state index in [9.17, 15) is 9.59 Å². The Hall–Kier alpha value is -3.19. The standard InChI is InChI=1S/C22H20N4O2S/c1-3-29-22-23-21(28)20-17-11-7-8-12-18(17)25(15(2)27)19(26(20)24-22)14-13-16-9-5-4-6-10-16/h4-14,19H,3H2,1-2H3/p+1/b14-13+/t19-/m0/s1. The van der Waals surface area contributed by atoms with Crippen LogP contribution in [0.15, 0.2) is 70.6 Å². The fourth-order valence-electron chi connectivity index (χ4n) is 3.49. The molecule has 1 aromatic heterocycles. The largest absolute Gasteiger partial charge is 0.325 e. The Kier molecular flexibility index (Phi) is 5.31. The number of aromatic amines is 1. The van der Waals surface area contributed by atoms with Crippen LogP contribution in [0, 0.1) is 0 Å². The number of anilines is 1. The topological polar surface area (TPSA) is 69.9 Å². The minimum absolute atomic E-state index is 0.120. The number of rotatable bonds is 4. The Labute approximate surface area is 172 Å². The lowest BCUT2D eigenvalue weighted by molar-refractivity contribution is -0.761. The summed E-state index contributed by atoms with van der Waals surface area (Å²) in [7, 11) is 0. The van der Waals surface area contributed by atoms with Gasteiger partial charge in [0, 0.05) is 18.1 Å². The minimum atomic E-state index is -0.545. The molecule has 3 aromatic rings. The van der Waals surface area contributed by atoms with Gasteiger partial charge in [0.15, 0.2) is 0 Å². The summed E-state index contributed by atoms with van der Waals surface area (Å²) in [5, 5.41) is 5.20. The summed E-state index contributed by atoms with van der Waals surface area (Å²) in [6.45, 7) is 3.53. The highest BCUT2D eigenvalue weighted by atomic mass is 32.2. The number of para-hydroxylation sites is 1. The molecule has 0 spiro atoms. The van der Waals surface area contributed by atoms with Crippen LogP contribution in [0.1, 0.15) is 25.6 Å². The van der Waals surface area contributed by atoms with Crippen molar-refractivity contribution in [2.24, 2.45) is 0 Å². The maximum atomic E-state index is 13.0. The predicted molar refractivity (Wildman–Crippen MR) is 115 cm³/mol. The lowest BCUT2D eigenvalue weighted by Crippen LogP contribution is -2.59. The van der Waals surface area contributed by atoms with Crippen LogP contribution in [0.2, 0.25) is 0 Å². The number of amides is 1. The van der Waals surface area contributed by atoms with Crippen molar-refractivity contribution in [2.45, 2.75) is 25.2 Å². The van der Waals surface area contributed by atoms with Gasteiger partial charge in [0.25, 0.3) is 6.17 Å². The second-order valence-electron chi connectivity index (χ2n) is 6.58. The summed E-state index contributed by atoms with van der Waals surface area (Å²) in [5.41, 5.74) is 2.62. The first-order chi connectivity index (χ1) is 14.1. The molecule has 2 aromatic carbocycles. The maximum absolute atomic E-state index is 13.0. The van der Waals surface area contributed by atoms with Crippen LogP contribution in [0.5, 0.6) is 0 Å². The predicted octanol–water partition coefficient (Wildman–Crippen LogP) is 3.41. The summed E-state index contributed by atoms with van der Waals surface area (Å²) in [4.78, 5) is 30.1. The zero-order chi connectivity index (χ0) is 20.4. The molecule has 4 rings (SSSR count). The first-order valence-electron chi connectivity index (χ1n) is 9.41. The normalized spacial score (nSPS) is 15.2. The van der Waals surface area contributed by atoms with Crippen LogP contribution in [0.25, 0.3) is 17.3 Å². The molecule has 0 bridgehead atoms. The van der Waals surface area contributed by atoms with Gasteiger partial charge in [-0.05, 0) is 28.1 Å². The van der Waals surface area contributed by atoms with E-state index in [1.165, 1.54) is 18.7 Å². The third-order valence-corrected chi connectivity index (χ3v) is 5.42. The van der Waals surface area contributed by atoms with Gasteiger partial charge in [0.2, 0.25) is 11.1 Å². The number of thioether (sulfide) groups is 1. The van der Waals surface area contributed by atoms with Crippen molar-refractivity contribution in [3.63, 3.8) is 0 Å². The van der Waals surface area contributed by atoms with Gasteiger partial charge in [-0.15, -0.1) is 0 Å². The molecule has 6 nitrogen and oxygen atoms in total. The lowest BCUT2D eigenvalue weighted by atomic mass is 10.0. The number of nitrogens with zero attached hydrogens (tertiary/aromatic N) is 3. The monoisotopic (exact) mass is 405 g/mol. The van der Waals surface area contributed by atoms with E-state index in [-0.39, 0.29) is 11.5 Å². The Morgan fingerprint density at radius 1 is 1.21 bits per heavy atom. The van der Waals surface area contributed by atoms with Gasteiger partial charge in [0.1, 0.15) is 0 Å². The number of H-pyrrole nitrogens is 1. The first-order valence-corrected chi connectivity index (χ1v) is 10.4. The van der Waals surface area contributed by atoms with E-state index >= 15 is 0 Å². The summed E-state index contributed by atoms with van der Waals surface area (Å²) in [6, 6.07) is 17.3. The SMILES string of the molecule is CCSc1n[n+]2c(c(=O)[nH]1)-c1ccccc1N(C(C)=O)[C@@H]2/C=C/c1ccccc1. The molecule has 7 heteroatoms. The Balaban J connectivity index is 1.95. The molecule has 1 aliphatic rings. The van der Waals surface area contributed by atoms with Crippen LogP contribution in [0.3, 0.4) is 0 Å².